The van der Waals surface area contributed by atoms with Crippen molar-refractivity contribution in [3.05, 3.63) is 0 Å². The standard InChI is InChI=1S/C17H34O6/c1-2-3-4-5-6-7-8-9-10-11-23-17-15(21)13(19)12(18)14(20)16(17)22/h12-22H,2-11H2,1H3/t12?,13-,14+,15-,16-,17?/m1/s1. The highest BCUT2D eigenvalue weighted by atomic mass is 16.5. The third-order valence-corrected chi connectivity index (χ3v) is 4.63. The summed E-state index contributed by atoms with van der Waals surface area (Å²) in [7, 11) is 0. The maximum Gasteiger partial charge on any atom is 0.114 e. The van der Waals surface area contributed by atoms with Crippen molar-refractivity contribution >= 4 is 0 Å². The summed E-state index contributed by atoms with van der Waals surface area (Å²) in [6.45, 7) is 2.56. The molecule has 23 heavy (non-hydrogen) atoms. The van der Waals surface area contributed by atoms with Crippen LogP contribution < -0.4 is 0 Å². The van der Waals surface area contributed by atoms with E-state index < -0.39 is 36.6 Å². The number of hydrogen-bond acceptors (Lipinski definition) is 6. The van der Waals surface area contributed by atoms with Gasteiger partial charge in [-0.3, -0.25) is 0 Å². The van der Waals surface area contributed by atoms with Gasteiger partial charge in [-0.05, 0) is 6.42 Å². The number of hydrogen-bond donors (Lipinski definition) is 5. The fourth-order valence-corrected chi connectivity index (χ4v) is 3.03. The molecular formula is C17H34O6. The van der Waals surface area contributed by atoms with E-state index in [1.54, 1.807) is 0 Å². The van der Waals surface area contributed by atoms with Crippen LogP contribution >= 0.6 is 0 Å². The smallest absolute Gasteiger partial charge is 0.114 e. The molecule has 0 saturated heterocycles. The predicted molar refractivity (Wildman–Crippen MR) is 87.0 cm³/mol. The third kappa shape index (κ3) is 6.64. The van der Waals surface area contributed by atoms with Crippen LogP contribution in [0.1, 0.15) is 64.7 Å². The summed E-state index contributed by atoms with van der Waals surface area (Å²) >= 11 is 0. The van der Waals surface area contributed by atoms with Gasteiger partial charge in [0.15, 0.2) is 0 Å². The van der Waals surface area contributed by atoms with Crippen LogP contribution in [-0.2, 0) is 4.74 Å². The molecule has 6 atom stereocenters. The van der Waals surface area contributed by atoms with E-state index in [0.29, 0.717) is 6.61 Å². The Hall–Kier alpha value is -0.240. The van der Waals surface area contributed by atoms with Gasteiger partial charge in [0, 0.05) is 6.61 Å². The van der Waals surface area contributed by atoms with Crippen LogP contribution in [0, 0.1) is 0 Å². The van der Waals surface area contributed by atoms with Gasteiger partial charge in [-0.1, -0.05) is 58.3 Å². The van der Waals surface area contributed by atoms with Crippen LogP contribution in [0.4, 0.5) is 0 Å². The molecular weight excluding hydrogens is 300 g/mol. The molecule has 6 heteroatoms. The molecule has 0 amide bonds. The van der Waals surface area contributed by atoms with Crippen molar-refractivity contribution in [2.45, 2.75) is 101 Å². The zero-order chi connectivity index (χ0) is 17.2. The van der Waals surface area contributed by atoms with Gasteiger partial charge in [0.25, 0.3) is 0 Å². The number of ether oxygens (including phenoxy) is 1. The SMILES string of the molecule is CCCCCCCCCCCOC1[C@H](O)[C@H](O)C(O)[C@H](O)[C@H]1O. The lowest BCUT2D eigenvalue weighted by atomic mass is 9.85. The summed E-state index contributed by atoms with van der Waals surface area (Å²) in [5.74, 6) is 0. The average molecular weight is 334 g/mol. The summed E-state index contributed by atoms with van der Waals surface area (Å²) in [4.78, 5) is 0. The second-order valence-corrected chi connectivity index (χ2v) is 6.62. The molecule has 1 aliphatic rings. The van der Waals surface area contributed by atoms with Crippen molar-refractivity contribution in [1.82, 2.24) is 0 Å². The third-order valence-electron chi connectivity index (χ3n) is 4.63. The Bertz CT molecular complexity index is 285. The number of aliphatic hydroxyl groups excluding tert-OH is 5. The average Bonchev–Trinajstić information content (AvgIpc) is 2.55. The van der Waals surface area contributed by atoms with Crippen molar-refractivity contribution in [3.63, 3.8) is 0 Å². The van der Waals surface area contributed by atoms with Crippen molar-refractivity contribution in [3.8, 4) is 0 Å². The van der Waals surface area contributed by atoms with Crippen molar-refractivity contribution in [2.75, 3.05) is 6.61 Å². The highest BCUT2D eigenvalue weighted by Gasteiger charge is 2.48. The highest BCUT2D eigenvalue weighted by Crippen LogP contribution is 2.24. The van der Waals surface area contributed by atoms with Gasteiger partial charge >= 0.3 is 0 Å². The Morgan fingerprint density at radius 2 is 0.957 bits per heavy atom. The first-order valence-electron chi connectivity index (χ1n) is 9.02. The molecule has 0 aliphatic heterocycles. The summed E-state index contributed by atoms with van der Waals surface area (Å²) in [5, 5.41) is 48.4. The Morgan fingerprint density at radius 1 is 0.565 bits per heavy atom. The lowest BCUT2D eigenvalue weighted by Gasteiger charge is -2.41. The Balaban J connectivity index is 2.10. The predicted octanol–water partition coefficient (Wildman–Crippen LogP) is 0.720. The van der Waals surface area contributed by atoms with Crippen molar-refractivity contribution in [1.29, 1.82) is 0 Å². The Morgan fingerprint density at radius 3 is 1.43 bits per heavy atom. The van der Waals surface area contributed by atoms with E-state index in [9.17, 15) is 25.5 Å². The molecule has 0 aromatic rings. The van der Waals surface area contributed by atoms with Crippen LogP contribution in [0.2, 0.25) is 0 Å². The fraction of sp³-hybridized carbons (Fsp3) is 1.00. The van der Waals surface area contributed by atoms with E-state index >= 15 is 0 Å². The summed E-state index contributed by atoms with van der Waals surface area (Å²) in [5.41, 5.74) is 0. The molecule has 6 nitrogen and oxygen atoms in total. The van der Waals surface area contributed by atoms with Crippen LogP contribution in [0.3, 0.4) is 0 Å². The summed E-state index contributed by atoms with van der Waals surface area (Å²) in [6, 6.07) is 0. The van der Waals surface area contributed by atoms with E-state index in [-0.39, 0.29) is 0 Å². The Labute approximate surface area is 139 Å². The summed E-state index contributed by atoms with van der Waals surface area (Å²) in [6.07, 6.45) is 2.14. The van der Waals surface area contributed by atoms with Gasteiger partial charge in [0.1, 0.15) is 36.6 Å². The van der Waals surface area contributed by atoms with Gasteiger partial charge in [0.2, 0.25) is 0 Å². The maximum absolute atomic E-state index is 9.83. The van der Waals surface area contributed by atoms with Gasteiger partial charge < -0.3 is 30.3 Å². The molecule has 0 radical (unpaired) electrons. The topological polar surface area (TPSA) is 110 Å². The van der Waals surface area contributed by atoms with E-state index in [1.165, 1.54) is 38.5 Å². The van der Waals surface area contributed by atoms with Gasteiger partial charge in [-0.25, -0.2) is 0 Å². The second-order valence-electron chi connectivity index (χ2n) is 6.62. The molecule has 138 valence electrons. The molecule has 0 aromatic carbocycles. The minimum Gasteiger partial charge on any atom is -0.387 e. The van der Waals surface area contributed by atoms with Crippen molar-refractivity contribution in [2.24, 2.45) is 0 Å². The van der Waals surface area contributed by atoms with Crippen molar-refractivity contribution < 1.29 is 30.3 Å². The molecule has 0 bridgehead atoms. The first-order valence-corrected chi connectivity index (χ1v) is 9.02. The molecule has 5 N–H and O–H groups in total. The normalized spacial score (nSPS) is 34.7. The molecule has 0 spiro atoms. The molecule has 0 aromatic heterocycles. The minimum absolute atomic E-state index is 0.351. The maximum atomic E-state index is 9.83. The van der Waals surface area contributed by atoms with E-state index in [0.717, 1.165) is 19.3 Å². The number of aliphatic hydroxyl groups is 5. The van der Waals surface area contributed by atoms with Crippen LogP contribution in [0.15, 0.2) is 0 Å². The Kier molecular flexibility index (Phi) is 10.3. The highest BCUT2D eigenvalue weighted by molar-refractivity contribution is 4.99. The largest absolute Gasteiger partial charge is 0.387 e. The van der Waals surface area contributed by atoms with Gasteiger partial charge in [-0.15, -0.1) is 0 Å². The van der Waals surface area contributed by atoms with Gasteiger partial charge in [-0.2, -0.15) is 0 Å². The lowest BCUT2D eigenvalue weighted by Crippen LogP contribution is -2.64. The number of unbranched alkanes of at least 4 members (excludes halogenated alkanes) is 8. The monoisotopic (exact) mass is 334 g/mol. The fourth-order valence-electron chi connectivity index (χ4n) is 3.03. The lowest BCUT2D eigenvalue weighted by molar-refractivity contribution is -0.235. The zero-order valence-electron chi connectivity index (χ0n) is 14.2. The first kappa shape index (κ1) is 20.8. The molecule has 0 heterocycles. The molecule has 1 saturated carbocycles. The van der Waals surface area contributed by atoms with Crippen LogP contribution in [-0.4, -0.2) is 68.8 Å². The molecule has 2 unspecified atom stereocenters. The van der Waals surface area contributed by atoms with Gasteiger partial charge in [0.05, 0.1) is 0 Å². The number of rotatable bonds is 11. The van der Waals surface area contributed by atoms with E-state index in [1.807, 2.05) is 0 Å². The zero-order valence-corrected chi connectivity index (χ0v) is 14.2. The second kappa shape index (κ2) is 11.3. The summed E-state index contributed by atoms with van der Waals surface area (Å²) < 4.78 is 5.43. The van der Waals surface area contributed by atoms with Crippen LogP contribution in [0.25, 0.3) is 0 Å². The molecule has 1 rings (SSSR count). The minimum atomic E-state index is -1.56. The molecule has 1 fully saturated rings. The van der Waals surface area contributed by atoms with Crippen LogP contribution in [0.5, 0.6) is 0 Å². The van der Waals surface area contributed by atoms with E-state index in [4.69, 9.17) is 4.74 Å². The van der Waals surface area contributed by atoms with E-state index in [2.05, 4.69) is 6.92 Å². The molecule has 1 aliphatic carbocycles. The quantitative estimate of drug-likeness (QED) is 0.356. The first-order chi connectivity index (χ1) is 11.0.